The van der Waals surface area contributed by atoms with E-state index in [-0.39, 0.29) is 5.82 Å². The third kappa shape index (κ3) is 5.41. The van der Waals surface area contributed by atoms with Crippen LogP contribution in [0.1, 0.15) is 16.8 Å². The van der Waals surface area contributed by atoms with E-state index in [0.717, 1.165) is 22.8 Å². The van der Waals surface area contributed by atoms with E-state index in [2.05, 4.69) is 20.6 Å². The van der Waals surface area contributed by atoms with Gasteiger partial charge in [0.25, 0.3) is 0 Å². The van der Waals surface area contributed by atoms with E-state index in [9.17, 15) is 4.39 Å². The molecular formula is C21H23FN4O. The van der Waals surface area contributed by atoms with Gasteiger partial charge in [0.2, 0.25) is 5.95 Å². The minimum Gasteiger partial charge on any atom is -0.497 e. The Morgan fingerprint density at radius 1 is 1.00 bits per heavy atom. The monoisotopic (exact) mass is 366 g/mol. The van der Waals surface area contributed by atoms with Gasteiger partial charge in [-0.05, 0) is 42.7 Å². The molecule has 2 N–H and O–H groups in total. The predicted octanol–water partition coefficient (Wildman–Crippen LogP) is 4.20. The van der Waals surface area contributed by atoms with Crippen LogP contribution in [0.15, 0.2) is 54.6 Å². The molecule has 0 radical (unpaired) electrons. The first-order valence-electron chi connectivity index (χ1n) is 8.84. The van der Waals surface area contributed by atoms with Crippen molar-refractivity contribution in [3.05, 3.63) is 77.2 Å². The van der Waals surface area contributed by atoms with Gasteiger partial charge in [-0.3, -0.25) is 0 Å². The van der Waals surface area contributed by atoms with Crippen LogP contribution in [0.25, 0.3) is 0 Å². The van der Waals surface area contributed by atoms with Crippen LogP contribution in [-0.2, 0) is 13.0 Å². The maximum Gasteiger partial charge on any atom is 0.225 e. The first-order chi connectivity index (χ1) is 13.1. The van der Waals surface area contributed by atoms with Gasteiger partial charge in [0.15, 0.2) is 0 Å². The molecule has 0 atom stereocenters. The van der Waals surface area contributed by atoms with Gasteiger partial charge < -0.3 is 15.4 Å². The number of nitrogens with zero attached hydrogens (tertiary/aromatic N) is 2. The van der Waals surface area contributed by atoms with Gasteiger partial charge in [0, 0.05) is 24.8 Å². The molecule has 0 aliphatic rings. The Balaban J connectivity index is 1.57. The molecule has 5 nitrogen and oxygen atoms in total. The molecule has 0 fully saturated rings. The van der Waals surface area contributed by atoms with Crippen LogP contribution in [-0.4, -0.2) is 23.6 Å². The number of nitrogens with one attached hydrogen (secondary N) is 2. The second kappa shape index (κ2) is 8.98. The summed E-state index contributed by atoms with van der Waals surface area (Å²) < 4.78 is 18.8. The van der Waals surface area contributed by atoms with Gasteiger partial charge in [0.05, 0.1) is 7.11 Å². The van der Waals surface area contributed by atoms with E-state index < -0.39 is 0 Å². The van der Waals surface area contributed by atoms with E-state index in [1.807, 2.05) is 43.3 Å². The third-order valence-electron chi connectivity index (χ3n) is 4.12. The van der Waals surface area contributed by atoms with Crippen molar-refractivity contribution >= 4 is 11.8 Å². The zero-order valence-corrected chi connectivity index (χ0v) is 15.5. The Morgan fingerprint density at radius 3 is 2.52 bits per heavy atom. The molecule has 3 rings (SSSR count). The van der Waals surface area contributed by atoms with E-state index >= 15 is 0 Å². The molecule has 1 aromatic heterocycles. The lowest BCUT2D eigenvalue weighted by molar-refractivity contribution is 0.414. The van der Waals surface area contributed by atoms with Gasteiger partial charge in [-0.25, -0.2) is 9.37 Å². The van der Waals surface area contributed by atoms with Gasteiger partial charge >= 0.3 is 0 Å². The molecule has 27 heavy (non-hydrogen) atoms. The minimum absolute atomic E-state index is 0.181. The fraction of sp³-hybridized carbons (Fsp3) is 0.238. The average Bonchev–Trinajstić information content (AvgIpc) is 2.68. The fourth-order valence-electron chi connectivity index (χ4n) is 2.69. The molecule has 2 aromatic carbocycles. The summed E-state index contributed by atoms with van der Waals surface area (Å²) in [6, 6.07) is 16.5. The van der Waals surface area contributed by atoms with Crippen LogP contribution in [0.5, 0.6) is 5.75 Å². The number of benzene rings is 2. The highest BCUT2D eigenvalue weighted by atomic mass is 19.1. The third-order valence-corrected chi connectivity index (χ3v) is 4.12. The molecular weight excluding hydrogens is 343 g/mol. The van der Waals surface area contributed by atoms with E-state index in [1.54, 1.807) is 19.2 Å². The molecule has 140 valence electrons. The summed E-state index contributed by atoms with van der Waals surface area (Å²) in [5.41, 5.74) is 2.65. The predicted molar refractivity (Wildman–Crippen MR) is 106 cm³/mol. The van der Waals surface area contributed by atoms with Crippen molar-refractivity contribution in [2.24, 2.45) is 0 Å². The lowest BCUT2D eigenvalue weighted by Gasteiger charge is -2.10. The topological polar surface area (TPSA) is 59.1 Å². The van der Waals surface area contributed by atoms with Crippen molar-refractivity contribution in [3.63, 3.8) is 0 Å². The highest BCUT2D eigenvalue weighted by Gasteiger charge is 2.04. The van der Waals surface area contributed by atoms with Crippen LogP contribution in [0, 0.1) is 12.7 Å². The fourth-order valence-corrected chi connectivity index (χ4v) is 2.69. The average molecular weight is 366 g/mol. The maximum atomic E-state index is 13.7. The number of hydrogen-bond acceptors (Lipinski definition) is 5. The number of aryl methyl sites for hydroxylation is 1. The molecule has 3 aromatic rings. The molecule has 0 spiro atoms. The summed E-state index contributed by atoms with van der Waals surface area (Å²) in [5, 5.41) is 6.47. The zero-order chi connectivity index (χ0) is 19.1. The van der Waals surface area contributed by atoms with Crippen LogP contribution in [0.3, 0.4) is 0 Å². The summed E-state index contributed by atoms with van der Waals surface area (Å²) >= 11 is 0. The highest BCUT2D eigenvalue weighted by molar-refractivity contribution is 5.43. The second-order valence-corrected chi connectivity index (χ2v) is 6.19. The lowest BCUT2D eigenvalue weighted by Crippen LogP contribution is -2.10. The van der Waals surface area contributed by atoms with Crippen LogP contribution in [0.2, 0.25) is 0 Å². The van der Waals surface area contributed by atoms with Gasteiger partial charge in [0.1, 0.15) is 17.4 Å². The molecule has 0 aliphatic carbocycles. The summed E-state index contributed by atoms with van der Waals surface area (Å²) in [7, 11) is 1.65. The number of aromatic nitrogens is 2. The van der Waals surface area contributed by atoms with E-state index in [0.29, 0.717) is 31.0 Å². The number of halogens is 1. The van der Waals surface area contributed by atoms with E-state index in [4.69, 9.17) is 4.74 Å². The Hall–Kier alpha value is -3.15. The van der Waals surface area contributed by atoms with Crippen molar-refractivity contribution in [2.75, 3.05) is 24.3 Å². The zero-order valence-electron chi connectivity index (χ0n) is 15.5. The number of rotatable bonds is 8. The minimum atomic E-state index is -0.181. The molecule has 0 aliphatic heterocycles. The van der Waals surface area contributed by atoms with E-state index in [1.165, 1.54) is 6.07 Å². The smallest absolute Gasteiger partial charge is 0.225 e. The second-order valence-electron chi connectivity index (χ2n) is 6.19. The van der Waals surface area contributed by atoms with Crippen LogP contribution in [0.4, 0.5) is 16.2 Å². The molecule has 0 amide bonds. The van der Waals surface area contributed by atoms with Gasteiger partial charge in [-0.15, -0.1) is 0 Å². The number of ether oxygens (including phenoxy) is 1. The Kier molecular flexibility index (Phi) is 6.20. The van der Waals surface area contributed by atoms with Crippen LogP contribution < -0.4 is 15.4 Å². The van der Waals surface area contributed by atoms with Crippen molar-refractivity contribution in [1.82, 2.24) is 9.97 Å². The molecule has 0 bridgehead atoms. The summed E-state index contributed by atoms with van der Waals surface area (Å²) in [6.45, 7) is 3.12. The SMILES string of the molecule is COc1ccc(CNc2nc(C)cc(NCCc3ccccc3F)n2)cc1. The molecule has 0 saturated carbocycles. The number of hydrogen-bond donors (Lipinski definition) is 2. The quantitative estimate of drug-likeness (QED) is 0.626. The first-order valence-corrected chi connectivity index (χ1v) is 8.84. The summed E-state index contributed by atoms with van der Waals surface area (Å²) in [4.78, 5) is 8.90. The molecule has 0 saturated heterocycles. The Morgan fingerprint density at radius 2 is 1.78 bits per heavy atom. The number of methoxy groups -OCH3 is 1. The largest absolute Gasteiger partial charge is 0.497 e. The maximum absolute atomic E-state index is 13.7. The van der Waals surface area contributed by atoms with Crippen molar-refractivity contribution in [3.8, 4) is 5.75 Å². The highest BCUT2D eigenvalue weighted by Crippen LogP contribution is 2.14. The van der Waals surface area contributed by atoms with Gasteiger partial charge in [-0.2, -0.15) is 4.98 Å². The standard InChI is InChI=1S/C21H23FN4O/c1-15-13-20(23-12-11-17-5-3-4-6-19(17)22)26-21(25-15)24-14-16-7-9-18(27-2)10-8-16/h3-10,13H,11-12,14H2,1-2H3,(H2,23,24,25,26). The summed E-state index contributed by atoms with van der Waals surface area (Å²) in [6.07, 6.45) is 0.588. The Labute approximate surface area is 158 Å². The normalized spacial score (nSPS) is 10.5. The molecule has 1 heterocycles. The summed E-state index contributed by atoms with van der Waals surface area (Å²) in [5.74, 6) is 1.92. The lowest BCUT2D eigenvalue weighted by atomic mass is 10.1. The van der Waals surface area contributed by atoms with Crippen molar-refractivity contribution in [1.29, 1.82) is 0 Å². The van der Waals surface area contributed by atoms with Crippen LogP contribution >= 0.6 is 0 Å². The van der Waals surface area contributed by atoms with Gasteiger partial charge in [-0.1, -0.05) is 30.3 Å². The Bertz CT molecular complexity index is 884. The molecule has 0 unspecified atom stereocenters. The first kappa shape index (κ1) is 18.6. The van der Waals surface area contributed by atoms with Crippen molar-refractivity contribution in [2.45, 2.75) is 19.9 Å². The molecule has 6 heteroatoms. The number of anilines is 2. The van der Waals surface area contributed by atoms with Crippen molar-refractivity contribution < 1.29 is 9.13 Å².